The second kappa shape index (κ2) is 14.9. The molecule has 0 bridgehead atoms. The molecule has 2 aromatic carbocycles. The van der Waals surface area contributed by atoms with Crippen LogP contribution in [0.25, 0.3) is 0 Å². The van der Waals surface area contributed by atoms with E-state index >= 15 is 0 Å². The lowest BCUT2D eigenvalue weighted by molar-refractivity contribution is -0.138. The predicted octanol–water partition coefficient (Wildman–Crippen LogP) is 6.06. The van der Waals surface area contributed by atoms with Crippen molar-refractivity contribution < 1.29 is 18.0 Å². The summed E-state index contributed by atoms with van der Waals surface area (Å²) >= 11 is 0. The lowest BCUT2D eigenvalue weighted by atomic mass is 10.0. The standard InChI is InChI=1S/C15H20F3N3O.C10H13N.C2H6.CH4/c1-2-20-5-7-21(8-6-20)10-12-3-4-13(19-11-22)9-14(12)15(16,17)18;1-8-3-4-9-5-6-11(2)10(9)7-8;1-2;/h3-4,9,11H,2,5-8,10H2,1H3,(H,19,22);3-4,7H,5-6H2,1-2H3;1-2H3;1H4. The first-order valence-corrected chi connectivity index (χ1v) is 12.4. The molecule has 2 aliphatic rings. The molecule has 36 heavy (non-hydrogen) atoms. The van der Waals surface area contributed by atoms with Crippen LogP contribution in [0.15, 0.2) is 36.4 Å². The van der Waals surface area contributed by atoms with Crippen molar-refractivity contribution in [2.24, 2.45) is 0 Å². The molecule has 2 heterocycles. The van der Waals surface area contributed by atoms with Crippen molar-refractivity contribution in [1.82, 2.24) is 9.80 Å². The summed E-state index contributed by atoms with van der Waals surface area (Å²) < 4.78 is 39.6. The highest BCUT2D eigenvalue weighted by molar-refractivity contribution is 5.71. The Hall–Kier alpha value is -2.58. The lowest BCUT2D eigenvalue weighted by Gasteiger charge is -2.34. The van der Waals surface area contributed by atoms with Gasteiger partial charge >= 0.3 is 6.18 Å². The van der Waals surface area contributed by atoms with Crippen LogP contribution in [-0.2, 0) is 23.9 Å². The second-order valence-corrected chi connectivity index (χ2v) is 8.65. The van der Waals surface area contributed by atoms with E-state index < -0.39 is 11.7 Å². The van der Waals surface area contributed by atoms with Gasteiger partial charge in [-0.05, 0) is 54.8 Å². The first-order chi connectivity index (χ1) is 16.7. The molecule has 2 aliphatic heterocycles. The van der Waals surface area contributed by atoms with E-state index in [-0.39, 0.29) is 25.2 Å². The maximum Gasteiger partial charge on any atom is 0.416 e. The number of halogens is 3. The van der Waals surface area contributed by atoms with E-state index in [4.69, 9.17) is 0 Å². The Bertz CT molecular complexity index is 941. The van der Waals surface area contributed by atoms with Crippen molar-refractivity contribution in [2.45, 2.75) is 54.3 Å². The number of aryl methyl sites for hydroxylation is 1. The molecular formula is C28H43F3N4O. The van der Waals surface area contributed by atoms with Gasteiger partial charge in [0.2, 0.25) is 6.41 Å². The molecule has 202 valence electrons. The van der Waals surface area contributed by atoms with Crippen LogP contribution in [-0.4, -0.2) is 62.5 Å². The Balaban J connectivity index is 0.000000387. The Morgan fingerprint density at radius 3 is 2.19 bits per heavy atom. The number of hydrogen-bond donors (Lipinski definition) is 1. The van der Waals surface area contributed by atoms with Gasteiger partial charge < -0.3 is 15.1 Å². The number of nitrogens with one attached hydrogen (secondary N) is 1. The molecule has 0 aromatic heterocycles. The van der Waals surface area contributed by atoms with Gasteiger partial charge in [-0.2, -0.15) is 13.2 Å². The van der Waals surface area contributed by atoms with Crippen LogP contribution in [0.4, 0.5) is 24.5 Å². The molecule has 0 radical (unpaired) electrons. The molecule has 1 amide bonds. The summed E-state index contributed by atoms with van der Waals surface area (Å²) in [5, 5.41) is 2.26. The molecule has 1 saturated heterocycles. The number of alkyl halides is 3. The van der Waals surface area contributed by atoms with Crippen LogP contribution in [0.1, 0.15) is 50.5 Å². The molecule has 0 unspecified atom stereocenters. The van der Waals surface area contributed by atoms with Gasteiger partial charge in [-0.3, -0.25) is 9.69 Å². The van der Waals surface area contributed by atoms with E-state index in [1.807, 2.05) is 18.7 Å². The van der Waals surface area contributed by atoms with E-state index in [0.717, 1.165) is 38.8 Å². The third-order valence-corrected chi connectivity index (χ3v) is 6.32. The van der Waals surface area contributed by atoms with E-state index in [0.29, 0.717) is 6.41 Å². The molecule has 0 spiro atoms. The van der Waals surface area contributed by atoms with Crippen molar-refractivity contribution in [3.63, 3.8) is 0 Å². The molecule has 0 saturated carbocycles. The first kappa shape index (κ1) is 31.4. The number of fused-ring (bicyclic) bond motifs is 1. The predicted molar refractivity (Wildman–Crippen MR) is 145 cm³/mol. The molecule has 0 aliphatic carbocycles. The Labute approximate surface area is 215 Å². The number of amides is 1. The van der Waals surface area contributed by atoms with Gasteiger partial charge in [-0.1, -0.05) is 46.4 Å². The van der Waals surface area contributed by atoms with Crippen molar-refractivity contribution >= 4 is 17.8 Å². The third-order valence-electron chi connectivity index (χ3n) is 6.32. The molecule has 8 heteroatoms. The largest absolute Gasteiger partial charge is 0.416 e. The Kier molecular flexibility index (Phi) is 13.0. The van der Waals surface area contributed by atoms with E-state index in [9.17, 15) is 18.0 Å². The zero-order valence-corrected chi connectivity index (χ0v) is 21.6. The van der Waals surface area contributed by atoms with Crippen molar-refractivity contribution in [3.05, 3.63) is 58.7 Å². The van der Waals surface area contributed by atoms with Gasteiger partial charge in [0, 0.05) is 57.7 Å². The number of piperazine rings is 1. The average molecular weight is 509 g/mol. The number of nitrogens with zero attached hydrogens (tertiary/aromatic N) is 3. The third kappa shape index (κ3) is 8.82. The summed E-state index contributed by atoms with van der Waals surface area (Å²) in [5.74, 6) is 0. The van der Waals surface area contributed by atoms with Gasteiger partial charge in [-0.15, -0.1) is 0 Å². The normalized spacial score (nSPS) is 15.5. The average Bonchev–Trinajstić information content (AvgIpc) is 3.21. The number of hydrogen-bond acceptors (Lipinski definition) is 4. The summed E-state index contributed by atoms with van der Waals surface area (Å²) in [6.07, 6.45) is -2.84. The summed E-state index contributed by atoms with van der Waals surface area (Å²) in [6, 6.07) is 10.6. The number of rotatable bonds is 5. The highest BCUT2D eigenvalue weighted by Gasteiger charge is 2.34. The number of carbonyl (C=O) groups excluding carboxylic acids is 1. The Morgan fingerprint density at radius 2 is 1.61 bits per heavy atom. The van der Waals surface area contributed by atoms with Crippen LogP contribution in [0, 0.1) is 6.92 Å². The van der Waals surface area contributed by atoms with E-state index in [2.05, 4.69) is 54.2 Å². The highest BCUT2D eigenvalue weighted by Crippen LogP contribution is 2.34. The fraction of sp³-hybridized carbons (Fsp3) is 0.536. The van der Waals surface area contributed by atoms with Crippen LogP contribution in [0.2, 0.25) is 0 Å². The zero-order chi connectivity index (χ0) is 26.0. The highest BCUT2D eigenvalue weighted by atomic mass is 19.4. The molecule has 4 rings (SSSR count). The van der Waals surface area contributed by atoms with Crippen LogP contribution in [0.5, 0.6) is 0 Å². The van der Waals surface area contributed by atoms with Gasteiger partial charge in [0.1, 0.15) is 0 Å². The van der Waals surface area contributed by atoms with Gasteiger partial charge in [0.05, 0.1) is 5.56 Å². The maximum atomic E-state index is 13.2. The number of carbonyl (C=O) groups is 1. The fourth-order valence-corrected chi connectivity index (χ4v) is 4.29. The van der Waals surface area contributed by atoms with Crippen molar-refractivity contribution in [3.8, 4) is 0 Å². The summed E-state index contributed by atoms with van der Waals surface area (Å²) in [7, 11) is 2.16. The van der Waals surface area contributed by atoms with Crippen LogP contribution < -0.4 is 10.2 Å². The monoisotopic (exact) mass is 508 g/mol. The number of likely N-dealkylation sites (N-methyl/N-ethyl adjacent to an activating group) is 2. The quantitative estimate of drug-likeness (QED) is 0.498. The zero-order valence-electron chi connectivity index (χ0n) is 21.6. The summed E-state index contributed by atoms with van der Waals surface area (Å²) in [5.41, 5.74) is 3.99. The molecule has 1 N–H and O–H groups in total. The molecule has 5 nitrogen and oxygen atoms in total. The van der Waals surface area contributed by atoms with E-state index in [1.54, 1.807) is 0 Å². The molecule has 0 atom stereocenters. The minimum atomic E-state index is -4.43. The minimum Gasteiger partial charge on any atom is -0.374 e. The number of anilines is 2. The molecular weight excluding hydrogens is 465 g/mol. The fourth-order valence-electron chi connectivity index (χ4n) is 4.29. The SMILES string of the molecule is C.CC.CCN1CCN(Cc2ccc(NC=O)cc2C(F)(F)F)CC1.Cc1ccc2c(c1)N(C)CC2. The maximum absolute atomic E-state index is 13.2. The Morgan fingerprint density at radius 1 is 0.972 bits per heavy atom. The van der Waals surface area contributed by atoms with Gasteiger partial charge in [0.25, 0.3) is 0 Å². The summed E-state index contributed by atoms with van der Waals surface area (Å²) in [4.78, 5) is 17.0. The smallest absolute Gasteiger partial charge is 0.374 e. The van der Waals surface area contributed by atoms with Crippen molar-refractivity contribution in [1.29, 1.82) is 0 Å². The van der Waals surface area contributed by atoms with Crippen molar-refractivity contribution in [2.75, 3.05) is 56.5 Å². The lowest BCUT2D eigenvalue weighted by Crippen LogP contribution is -2.45. The topological polar surface area (TPSA) is 38.8 Å². The van der Waals surface area contributed by atoms with Gasteiger partial charge in [-0.25, -0.2) is 0 Å². The second-order valence-electron chi connectivity index (χ2n) is 8.65. The van der Waals surface area contributed by atoms with Crippen LogP contribution in [0.3, 0.4) is 0 Å². The van der Waals surface area contributed by atoms with Crippen LogP contribution >= 0.6 is 0 Å². The van der Waals surface area contributed by atoms with E-state index in [1.165, 1.54) is 41.9 Å². The summed E-state index contributed by atoms with van der Waals surface area (Å²) in [6.45, 7) is 13.9. The van der Waals surface area contributed by atoms with Gasteiger partial charge in [0.15, 0.2) is 0 Å². The molecule has 2 aromatic rings. The molecule has 1 fully saturated rings. The minimum absolute atomic E-state index is 0. The number of benzene rings is 2. The first-order valence-electron chi connectivity index (χ1n) is 12.4.